The van der Waals surface area contributed by atoms with Crippen LogP contribution >= 0.6 is 0 Å². The van der Waals surface area contributed by atoms with Gasteiger partial charge in [-0.2, -0.15) is 0 Å². The fraction of sp³-hybridized carbons (Fsp3) is 1.00. The Morgan fingerprint density at radius 1 is 1.17 bits per heavy atom. The molecule has 2 nitrogen and oxygen atoms in total. The second-order valence-corrected chi connectivity index (χ2v) is 4.50. The minimum absolute atomic E-state index is 0.411. The lowest BCUT2D eigenvalue weighted by atomic mass is 9.80. The van der Waals surface area contributed by atoms with Crippen molar-refractivity contribution in [1.82, 2.24) is 0 Å². The molecule has 2 heteroatoms. The van der Waals surface area contributed by atoms with Crippen LogP contribution in [0.2, 0.25) is 0 Å². The van der Waals surface area contributed by atoms with E-state index in [1.165, 1.54) is 12.8 Å². The molecule has 4 unspecified atom stereocenters. The predicted molar refractivity (Wildman–Crippen MR) is 46.5 cm³/mol. The monoisotopic (exact) mass is 170 g/mol. The maximum absolute atomic E-state index is 9.65. The van der Waals surface area contributed by atoms with Gasteiger partial charge in [0.1, 0.15) is 0 Å². The van der Waals surface area contributed by atoms with Gasteiger partial charge >= 0.3 is 0 Å². The van der Waals surface area contributed by atoms with E-state index in [0.717, 1.165) is 6.61 Å². The summed E-state index contributed by atoms with van der Waals surface area (Å²) in [4.78, 5) is 0. The fourth-order valence-corrected chi connectivity index (χ4v) is 2.90. The third-order valence-electron chi connectivity index (χ3n) is 3.70. The van der Waals surface area contributed by atoms with E-state index in [-0.39, 0.29) is 0 Å². The summed E-state index contributed by atoms with van der Waals surface area (Å²) in [7, 11) is 0. The lowest BCUT2D eigenvalue weighted by Gasteiger charge is -2.37. The van der Waals surface area contributed by atoms with Crippen LogP contribution in [0.3, 0.4) is 0 Å². The molecule has 1 heterocycles. The molecule has 0 spiro atoms. The van der Waals surface area contributed by atoms with Crippen molar-refractivity contribution >= 4 is 0 Å². The standard InChI is InChI=1S/C10H18O2/c1-6-3-4-8-7(2)5-12-10(11)9(6)8/h6-11H,3-5H2,1-2H3/t6?,7?,8?,9-,10?/m1/s1. The summed E-state index contributed by atoms with van der Waals surface area (Å²) in [6.07, 6.45) is 2.07. The summed E-state index contributed by atoms with van der Waals surface area (Å²) >= 11 is 0. The van der Waals surface area contributed by atoms with Crippen LogP contribution in [0.4, 0.5) is 0 Å². The first-order valence-corrected chi connectivity index (χ1v) is 5.00. The Morgan fingerprint density at radius 3 is 2.58 bits per heavy atom. The summed E-state index contributed by atoms with van der Waals surface area (Å²) < 4.78 is 5.33. The molecule has 1 aliphatic carbocycles. The fourth-order valence-electron chi connectivity index (χ4n) is 2.90. The molecule has 12 heavy (non-hydrogen) atoms. The van der Waals surface area contributed by atoms with E-state index in [1.54, 1.807) is 0 Å². The zero-order chi connectivity index (χ0) is 8.72. The van der Waals surface area contributed by atoms with Gasteiger partial charge in [0.25, 0.3) is 0 Å². The van der Waals surface area contributed by atoms with Crippen LogP contribution in [0.1, 0.15) is 26.7 Å². The van der Waals surface area contributed by atoms with E-state index in [4.69, 9.17) is 4.74 Å². The van der Waals surface area contributed by atoms with E-state index >= 15 is 0 Å². The van der Waals surface area contributed by atoms with Gasteiger partial charge in [-0.05, 0) is 30.6 Å². The highest BCUT2D eigenvalue weighted by Gasteiger charge is 2.44. The van der Waals surface area contributed by atoms with Crippen molar-refractivity contribution in [3.63, 3.8) is 0 Å². The first-order chi connectivity index (χ1) is 5.70. The Labute approximate surface area is 73.9 Å². The topological polar surface area (TPSA) is 29.5 Å². The molecule has 70 valence electrons. The number of fused-ring (bicyclic) bond motifs is 1. The first-order valence-electron chi connectivity index (χ1n) is 5.00. The number of hydrogen-bond donors (Lipinski definition) is 1. The number of aliphatic hydroxyl groups is 1. The van der Waals surface area contributed by atoms with E-state index in [9.17, 15) is 5.11 Å². The minimum atomic E-state index is -0.483. The van der Waals surface area contributed by atoms with Crippen molar-refractivity contribution in [1.29, 1.82) is 0 Å². The molecule has 1 aliphatic heterocycles. The molecule has 0 aromatic rings. The highest BCUT2D eigenvalue weighted by Crippen LogP contribution is 2.45. The van der Waals surface area contributed by atoms with Crippen LogP contribution in [-0.4, -0.2) is 18.0 Å². The average molecular weight is 170 g/mol. The molecule has 1 N–H and O–H groups in total. The van der Waals surface area contributed by atoms with Crippen molar-refractivity contribution in [3.05, 3.63) is 0 Å². The van der Waals surface area contributed by atoms with Crippen LogP contribution in [0.25, 0.3) is 0 Å². The molecule has 2 aliphatic rings. The second kappa shape index (κ2) is 3.00. The molecule has 1 saturated heterocycles. The normalized spacial score (nSPS) is 53.8. The van der Waals surface area contributed by atoms with Crippen LogP contribution < -0.4 is 0 Å². The summed E-state index contributed by atoms with van der Waals surface area (Å²) in [6, 6.07) is 0. The van der Waals surface area contributed by atoms with Gasteiger partial charge in [-0.15, -0.1) is 0 Å². The predicted octanol–water partition coefficient (Wildman–Crippen LogP) is 1.63. The Kier molecular flexibility index (Phi) is 2.13. The van der Waals surface area contributed by atoms with Gasteiger partial charge in [-0.25, -0.2) is 0 Å². The van der Waals surface area contributed by atoms with E-state index in [2.05, 4.69) is 13.8 Å². The van der Waals surface area contributed by atoms with Gasteiger partial charge in [0.2, 0.25) is 0 Å². The van der Waals surface area contributed by atoms with E-state index in [0.29, 0.717) is 23.7 Å². The maximum Gasteiger partial charge on any atom is 0.157 e. The number of ether oxygens (including phenoxy) is 1. The summed E-state index contributed by atoms with van der Waals surface area (Å²) in [5.74, 6) is 2.41. The SMILES string of the molecule is CC1COC(O)[C@@H]2C(C)CCC12. The molecular weight excluding hydrogens is 152 g/mol. The largest absolute Gasteiger partial charge is 0.368 e. The zero-order valence-corrected chi connectivity index (χ0v) is 7.86. The molecule has 0 aromatic heterocycles. The van der Waals surface area contributed by atoms with Gasteiger partial charge in [-0.1, -0.05) is 13.8 Å². The molecule has 2 fully saturated rings. The molecule has 5 atom stereocenters. The third kappa shape index (κ3) is 1.17. The van der Waals surface area contributed by atoms with Crippen LogP contribution in [0.5, 0.6) is 0 Å². The average Bonchev–Trinajstić information content (AvgIpc) is 2.42. The van der Waals surface area contributed by atoms with Crippen molar-refractivity contribution in [2.45, 2.75) is 33.0 Å². The lowest BCUT2D eigenvalue weighted by molar-refractivity contribution is -0.195. The molecule has 2 rings (SSSR count). The lowest BCUT2D eigenvalue weighted by Crippen LogP contribution is -2.40. The number of aliphatic hydroxyl groups excluding tert-OH is 1. The van der Waals surface area contributed by atoms with Crippen LogP contribution in [0, 0.1) is 23.7 Å². The van der Waals surface area contributed by atoms with Gasteiger partial charge < -0.3 is 9.84 Å². The van der Waals surface area contributed by atoms with Gasteiger partial charge in [0.15, 0.2) is 6.29 Å². The molecule has 0 aromatic carbocycles. The second-order valence-electron chi connectivity index (χ2n) is 4.50. The Morgan fingerprint density at radius 2 is 1.92 bits per heavy atom. The van der Waals surface area contributed by atoms with Crippen molar-refractivity contribution in [2.75, 3.05) is 6.61 Å². The zero-order valence-electron chi connectivity index (χ0n) is 7.86. The molecular formula is C10H18O2. The minimum Gasteiger partial charge on any atom is -0.368 e. The summed E-state index contributed by atoms with van der Waals surface area (Å²) in [6.45, 7) is 5.21. The highest BCUT2D eigenvalue weighted by molar-refractivity contribution is 4.89. The van der Waals surface area contributed by atoms with Crippen LogP contribution in [0.15, 0.2) is 0 Å². The third-order valence-corrected chi connectivity index (χ3v) is 3.70. The molecule has 1 saturated carbocycles. The Hall–Kier alpha value is -0.0800. The summed E-state index contributed by atoms with van der Waals surface area (Å²) in [5, 5.41) is 9.65. The molecule has 0 bridgehead atoms. The smallest absolute Gasteiger partial charge is 0.157 e. The highest BCUT2D eigenvalue weighted by atomic mass is 16.6. The maximum atomic E-state index is 9.65. The quantitative estimate of drug-likeness (QED) is 0.598. The van der Waals surface area contributed by atoms with Crippen molar-refractivity contribution in [2.24, 2.45) is 23.7 Å². The first kappa shape index (κ1) is 8.52. The van der Waals surface area contributed by atoms with Gasteiger partial charge in [0, 0.05) is 5.92 Å². The van der Waals surface area contributed by atoms with Crippen molar-refractivity contribution in [3.8, 4) is 0 Å². The summed E-state index contributed by atoms with van der Waals surface area (Å²) in [5.41, 5.74) is 0. The molecule has 0 radical (unpaired) electrons. The van der Waals surface area contributed by atoms with Gasteiger partial charge in [0.05, 0.1) is 6.61 Å². The number of rotatable bonds is 0. The Bertz CT molecular complexity index is 169. The van der Waals surface area contributed by atoms with Crippen molar-refractivity contribution < 1.29 is 9.84 Å². The van der Waals surface area contributed by atoms with Gasteiger partial charge in [-0.3, -0.25) is 0 Å². The van der Waals surface area contributed by atoms with E-state index in [1.807, 2.05) is 0 Å². The van der Waals surface area contributed by atoms with E-state index < -0.39 is 6.29 Å². The Balaban J connectivity index is 2.13. The number of hydrogen-bond acceptors (Lipinski definition) is 2. The van der Waals surface area contributed by atoms with Crippen LogP contribution in [-0.2, 0) is 4.74 Å². The molecule has 0 amide bonds.